The van der Waals surface area contributed by atoms with Crippen molar-refractivity contribution in [3.8, 4) is 5.75 Å². The van der Waals surface area contributed by atoms with Crippen molar-refractivity contribution in [3.05, 3.63) is 89.5 Å². The van der Waals surface area contributed by atoms with Crippen molar-refractivity contribution < 1.29 is 17.9 Å². The number of rotatable bonds is 6. The maximum atomic E-state index is 13.0. The lowest BCUT2D eigenvalue weighted by molar-refractivity contribution is 0.0628. The SMILES string of the molecule is O=C(c1ccc(NS(=O)(=O)c2ccccc2)cc1)N1CCN(Cc2ccc3c(c2)CCO3)CC1. The molecule has 0 aromatic heterocycles. The number of nitrogens with zero attached hydrogens (tertiary/aromatic N) is 2. The lowest BCUT2D eigenvalue weighted by Crippen LogP contribution is -2.48. The molecule has 0 saturated carbocycles. The molecule has 2 aliphatic rings. The molecule has 0 spiro atoms. The molecule has 3 aromatic rings. The van der Waals surface area contributed by atoms with Crippen molar-refractivity contribution in [2.24, 2.45) is 0 Å². The normalized spacial score (nSPS) is 16.1. The summed E-state index contributed by atoms with van der Waals surface area (Å²) in [6, 6.07) is 21.2. The van der Waals surface area contributed by atoms with E-state index < -0.39 is 10.0 Å². The molecular formula is C26H27N3O4S. The molecule has 0 atom stereocenters. The van der Waals surface area contributed by atoms with Gasteiger partial charge in [-0.15, -0.1) is 0 Å². The summed E-state index contributed by atoms with van der Waals surface area (Å²) in [5.74, 6) is 0.963. The fourth-order valence-corrected chi connectivity index (χ4v) is 5.46. The van der Waals surface area contributed by atoms with Gasteiger partial charge in [0.25, 0.3) is 15.9 Å². The first-order chi connectivity index (χ1) is 16.5. The van der Waals surface area contributed by atoms with Crippen LogP contribution < -0.4 is 9.46 Å². The van der Waals surface area contributed by atoms with E-state index in [-0.39, 0.29) is 10.8 Å². The van der Waals surface area contributed by atoms with E-state index >= 15 is 0 Å². The lowest BCUT2D eigenvalue weighted by atomic mass is 10.1. The first kappa shape index (κ1) is 22.4. The molecule has 176 valence electrons. The molecule has 5 rings (SSSR count). The van der Waals surface area contributed by atoms with Gasteiger partial charge in [-0.1, -0.05) is 30.3 Å². The van der Waals surface area contributed by atoms with E-state index in [1.807, 2.05) is 4.90 Å². The van der Waals surface area contributed by atoms with E-state index in [2.05, 4.69) is 27.8 Å². The van der Waals surface area contributed by atoms with Gasteiger partial charge in [-0.25, -0.2) is 8.42 Å². The highest BCUT2D eigenvalue weighted by Gasteiger charge is 2.23. The minimum absolute atomic E-state index is 0.0354. The van der Waals surface area contributed by atoms with Crippen LogP contribution in [0.2, 0.25) is 0 Å². The summed E-state index contributed by atoms with van der Waals surface area (Å²) in [7, 11) is -3.66. The minimum Gasteiger partial charge on any atom is -0.493 e. The first-order valence-electron chi connectivity index (χ1n) is 11.4. The Bertz CT molecular complexity index is 1270. The van der Waals surface area contributed by atoms with Gasteiger partial charge in [-0.05, 0) is 53.6 Å². The smallest absolute Gasteiger partial charge is 0.261 e. The van der Waals surface area contributed by atoms with Gasteiger partial charge in [0.15, 0.2) is 0 Å². The standard InChI is InChI=1S/C26H27N3O4S/c30-26(21-7-9-23(10-8-21)27-34(31,32)24-4-2-1-3-5-24)29-15-13-28(14-16-29)19-20-6-11-25-22(18-20)12-17-33-25/h1-11,18,27H,12-17,19H2. The van der Waals surface area contributed by atoms with Gasteiger partial charge in [0, 0.05) is 50.4 Å². The summed E-state index contributed by atoms with van der Waals surface area (Å²) in [5, 5.41) is 0. The fraction of sp³-hybridized carbons (Fsp3) is 0.269. The van der Waals surface area contributed by atoms with Crippen molar-refractivity contribution in [1.29, 1.82) is 0 Å². The first-order valence-corrected chi connectivity index (χ1v) is 12.9. The summed E-state index contributed by atoms with van der Waals surface area (Å²) < 4.78 is 33.1. The summed E-state index contributed by atoms with van der Waals surface area (Å²) in [5.41, 5.74) is 3.53. The third kappa shape index (κ3) is 4.93. The second-order valence-corrected chi connectivity index (χ2v) is 10.3. The van der Waals surface area contributed by atoms with Crippen LogP contribution in [-0.2, 0) is 23.0 Å². The third-order valence-electron chi connectivity index (χ3n) is 6.26. The van der Waals surface area contributed by atoms with Crippen molar-refractivity contribution in [3.63, 3.8) is 0 Å². The number of hydrogen-bond donors (Lipinski definition) is 1. The number of nitrogens with one attached hydrogen (secondary N) is 1. The van der Waals surface area contributed by atoms with Crippen molar-refractivity contribution in [2.45, 2.75) is 17.9 Å². The van der Waals surface area contributed by atoms with Gasteiger partial charge in [0.1, 0.15) is 5.75 Å². The van der Waals surface area contributed by atoms with Gasteiger partial charge in [0.2, 0.25) is 0 Å². The highest BCUT2D eigenvalue weighted by atomic mass is 32.2. The number of carbonyl (C=O) groups is 1. The average molecular weight is 478 g/mol. The Hall–Kier alpha value is -3.36. The largest absolute Gasteiger partial charge is 0.493 e. The van der Waals surface area contributed by atoms with Gasteiger partial charge in [0.05, 0.1) is 11.5 Å². The zero-order valence-corrected chi connectivity index (χ0v) is 19.6. The molecule has 34 heavy (non-hydrogen) atoms. The van der Waals surface area contributed by atoms with Gasteiger partial charge in [-0.2, -0.15) is 0 Å². The highest BCUT2D eigenvalue weighted by Crippen LogP contribution is 2.26. The summed E-state index contributed by atoms with van der Waals surface area (Å²) >= 11 is 0. The van der Waals surface area contributed by atoms with Crippen LogP contribution >= 0.6 is 0 Å². The molecule has 7 nitrogen and oxygen atoms in total. The molecule has 0 bridgehead atoms. The molecule has 2 aliphatic heterocycles. The summed E-state index contributed by atoms with van der Waals surface area (Å²) in [4.78, 5) is 17.4. The Balaban J connectivity index is 1.16. The predicted molar refractivity (Wildman–Crippen MR) is 131 cm³/mol. The second-order valence-electron chi connectivity index (χ2n) is 8.60. The molecule has 1 N–H and O–H groups in total. The van der Waals surface area contributed by atoms with Crippen LogP contribution in [0.15, 0.2) is 77.7 Å². The number of sulfonamides is 1. The van der Waals surface area contributed by atoms with Crippen LogP contribution in [-0.4, -0.2) is 56.9 Å². The number of carbonyl (C=O) groups excluding carboxylic acids is 1. The van der Waals surface area contributed by atoms with Gasteiger partial charge < -0.3 is 9.64 Å². The third-order valence-corrected chi connectivity index (χ3v) is 7.65. The minimum atomic E-state index is -3.66. The molecule has 0 radical (unpaired) electrons. The number of hydrogen-bond acceptors (Lipinski definition) is 5. The zero-order valence-electron chi connectivity index (χ0n) is 18.8. The number of benzene rings is 3. The van der Waals surface area contributed by atoms with Crippen LogP contribution in [0.3, 0.4) is 0 Å². The molecule has 0 unspecified atom stereocenters. The quantitative estimate of drug-likeness (QED) is 0.589. The second kappa shape index (κ2) is 9.48. The predicted octanol–water partition coefficient (Wildman–Crippen LogP) is 3.38. The molecule has 1 saturated heterocycles. The zero-order chi connectivity index (χ0) is 23.5. The van der Waals surface area contributed by atoms with Crippen LogP contribution in [0.1, 0.15) is 21.5 Å². The lowest BCUT2D eigenvalue weighted by Gasteiger charge is -2.35. The summed E-state index contributed by atoms with van der Waals surface area (Å²) in [6.07, 6.45) is 0.970. The number of anilines is 1. The van der Waals surface area contributed by atoms with E-state index in [4.69, 9.17) is 4.74 Å². The maximum absolute atomic E-state index is 13.0. The Kier molecular flexibility index (Phi) is 6.26. The number of fused-ring (bicyclic) bond motifs is 1. The Labute approximate surface area is 200 Å². The molecule has 0 aliphatic carbocycles. The fourth-order valence-electron chi connectivity index (χ4n) is 4.38. The Morgan fingerprint density at radius 2 is 1.65 bits per heavy atom. The van der Waals surface area contributed by atoms with E-state index in [0.717, 1.165) is 38.4 Å². The van der Waals surface area contributed by atoms with Gasteiger partial charge >= 0.3 is 0 Å². The number of ether oxygens (including phenoxy) is 1. The molecular weight excluding hydrogens is 450 g/mol. The van der Waals surface area contributed by atoms with Crippen LogP contribution in [0.4, 0.5) is 5.69 Å². The molecule has 1 fully saturated rings. The summed E-state index contributed by atoms with van der Waals surface area (Å²) in [6.45, 7) is 4.58. The molecule has 8 heteroatoms. The van der Waals surface area contributed by atoms with E-state index in [9.17, 15) is 13.2 Å². The van der Waals surface area contributed by atoms with Crippen molar-refractivity contribution in [2.75, 3.05) is 37.5 Å². The number of amides is 1. The molecule has 1 amide bonds. The van der Waals surface area contributed by atoms with E-state index in [1.54, 1.807) is 54.6 Å². The van der Waals surface area contributed by atoms with Crippen LogP contribution in [0.25, 0.3) is 0 Å². The van der Waals surface area contributed by atoms with Crippen LogP contribution in [0, 0.1) is 0 Å². The monoisotopic (exact) mass is 477 g/mol. The highest BCUT2D eigenvalue weighted by molar-refractivity contribution is 7.92. The Morgan fingerprint density at radius 3 is 2.38 bits per heavy atom. The topological polar surface area (TPSA) is 79.0 Å². The van der Waals surface area contributed by atoms with E-state index in [1.165, 1.54) is 11.1 Å². The Morgan fingerprint density at radius 1 is 0.912 bits per heavy atom. The maximum Gasteiger partial charge on any atom is 0.261 e. The van der Waals surface area contributed by atoms with E-state index in [0.29, 0.717) is 24.3 Å². The van der Waals surface area contributed by atoms with Gasteiger partial charge in [-0.3, -0.25) is 14.4 Å². The molecule has 3 aromatic carbocycles. The molecule has 2 heterocycles. The van der Waals surface area contributed by atoms with Crippen molar-refractivity contribution >= 4 is 21.6 Å². The average Bonchev–Trinajstić information content (AvgIpc) is 3.33. The van der Waals surface area contributed by atoms with Crippen molar-refractivity contribution in [1.82, 2.24) is 9.80 Å². The number of piperazine rings is 1. The van der Waals surface area contributed by atoms with Crippen LogP contribution in [0.5, 0.6) is 5.75 Å².